The summed E-state index contributed by atoms with van der Waals surface area (Å²) in [6, 6.07) is 6.91. The summed E-state index contributed by atoms with van der Waals surface area (Å²) in [6.45, 7) is 2.88. The summed E-state index contributed by atoms with van der Waals surface area (Å²) in [5.41, 5.74) is 8.22. The fourth-order valence-electron chi connectivity index (χ4n) is 2.86. The third-order valence-electron chi connectivity index (χ3n) is 3.91. The lowest BCUT2D eigenvalue weighted by molar-refractivity contribution is 0.297. The van der Waals surface area contributed by atoms with Gasteiger partial charge in [0.1, 0.15) is 0 Å². The summed E-state index contributed by atoms with van der Waals surface area (Å²) in [6.07, 6.45) is 5.03. The van der Waals surface area contributed by atoms with Gasteiger partial charge < -0.3 is 15.7 Å². The normalized spacial score (nSPS) is 17.7. The van der Waals surface area contributed by atoms with Gasteiger partial charge in [0.15, 0.2) is 0 Å². The minimum absolute atomic E-state index is 0.0446. The minimum Gasteiger partial charge on any atom is -0.395 e. The van der Waals surface area contributed by atoms with Crippen LogP contribution in [0.5, 0.6) is 0 Å². The molecule has 1 unspecified atom stereocenters. The fourth-order valence-corrected chi connectivity index (χ4v) is 3.49. The molecule has 0 bridgehead atoms. The van der Waals surface area contributed by atoms with Crippen molar-refractivity contribution in [3.63, 3.8) is 0 Å². The van der Waals surface area contributed by atoms with E-state index in [1.54, 1.807) is 0 Å². The van der Waals surface area contributed by atoms with E-state index in [4.69, 9.17) is 5.73 Å². The summed E-state index contributed by atoms with van der Waals surface area (Å²) >= 11 is 3.65. The van der Waals surface area contributed by atoms with Crippen LogP contribution in [0.2, 0.25) is 0 Å². The minimum atomic E-state index is 0.0446. The number of halogens is 1. The molecule has 0 radical (unpaired) electrons. The molecule has 1 aromatic rings. The van der Waals surface area contributed by atoms with Gasteiger partial charge in [-0.05, 0) is 53.4 Å². The Balaban J connectivity index is 2.25. The fraction of sp³-hybridized carbons (Fsp3) is 0.600. The molecular weight excluding hydrogens is 304 g/mol. The predicted molar refractivity (Wildman–Crippen MR) is 83.4 cm³/mol. The highest BCUT2D eigenvalue weighted by molar-refractivity contribution is 9.10. The number of nitrogens with two attached hydrogens (primary N) is 1. The summed E-state index contributed by atoms with van der Waals surface area (Å²) in [4.78, 5) is 2.34. The first-order valence-corrected chi connectivity index (χ1v) is 7.85. The van der Waals surface area contributed by atoms with Gasteiger partial charge in [0.25, 0.3) is 0 Å². The topological polar surface area (TPSA) is 49.5 Å². The molecule has 0 aromatic heterocycles. The zero-order valence-corrected chi connectivity index (χ0v) is 13.1. The van der Waals surface area contributed by atoms with Gasteiger partial charge in [-0.25, -0.2) is 0 Å². The third-order valence-corrected chi connectivity index (χ3v) is 4.55. The van der Waals surface area contributed by atoms with Crippen molar-refractivity contribution in [3.05, 3.63) is 28.2 Å². The first-order valence-electron chi connectivity index (χ1n) is 7.06. The second-order valence-corrected chi connectivity index (χ2v) is 6.21. The van der Waals surface area contributed by atoms with Crippen molar-refractivity contribution < 1.29 is 5.11 Å². The molecule has 0 amide bonds. The second-order valence-electron chi connectivity index (χ2n) is 5.35. The van der Waals surface area contributed by atoms with E-state index < -0.39 is 0 Å². The average molecular weight is 327 g/mol. The molecule has 1 aliphatic carbocycles. The van der Waals surface area contributed by atoms with Crippen LogP contribution in [0, 0.1) is 0 Å². The Morgan fingerprint density at radius 1 is 1.42 bits per heavy atom. The average Bonchev–Trinajstić information content (AvgIpc) is 2.90. The molecule has 1 aliphatic rings. The lowest BCUT2D eigenvalue weighted by atomic mass is 10.1. The lowest BCUT2D eigenvalue weighted by Crippen LogP contribution is -2.36. The molecular formula is C15H23BrN2O. The van der Waals surface area contributed by atoms with E-state index in [1.165, 1.54) is 31.4 Å². The van der Waals surface area contributed by atoms with E-state index in [0.29, 0.717) is 12.6 Å². The van der Waals surface area contributed by atoms with E-state index in [9.17, 15) is 5.11 Å². The van der Waals surface area contributed by atoms with Crippen molar-refractivity contribution in [2.24, 2.45) is 5.73 Å². The van der Waals surface area contributed by atoms with Crippen molar-refractivity contribution >= 4 is 21.6 Å². The van der Waals surface area contributed by atoms with Gasteiger partial charge in [0.2, 0.25) is 0 Å². The van der Waals surface area contributed by atoms with Gasteiger partial charge in [-0.15, -0.1) is 0 Å². The molecule has 2 rings (SSSR count). The Labute approximate surface area is 123 Å². The van der Waals surface area contributed by atoms with Crippen LogP contribution in [0.3, 0.4) is 0 Å². The molecule has 0 spiro atoms. The van der Waals surface area contributed by atoms with Crippen molar-refractivity contribution in [2.45, 2.75) is 44.7 Å². The molecule has 3 N–H and O–H groups in total. The highest BCUT2D eigenvalue weighted by Gasteiger charge is 2.24. The van der Waals surface area contributed by atoms with E-state index in [0.717, 1.165) is 10.0 Å². The van der Waals surface area contributed by atoms with Crippen molar-refractivity contribution in [3.8, 4) is 0 Å². The summed E-state index contributed by atoms with van der Waals surface area (Å²) in [7, 11) is 0. The number of hydrogen-bond donors (Lipinski definition) is 2. The molecule has 0 aliphatic heterocycles. The molecule has 0 saturated heterocycles. The van der Waals surface area contributed by atoms with E-state index in [-0.39, 0.29) is 12.6 Å². The molecule has 19 heavy (non-hydrogen) atoms. The van der Waals surface area contributed by atoms with Crippen LogP contribution in [0.1, 0.15) is 44.2 Å². The summed E-state index contributed by atoms with van der Waals surface area (Å²) < 4.78 is 1.07. The van der Waals surface area contributed by atoms with Crippen LogP contribution >= 0.6 is 15.9 Å². The summed E-state index contributed by atoms with van der Waals surface area (Å²) in [5, 5.41) is 9.32. The molecule has 3 nitrogen and oxygen atoms in total. The first kappa shape index (κ1) is 14.8. The number of anilines is 1. The Kier molecular flexibility index (Phi) is 5.25. The Morgan fingerprint density at radius 3 is 2.63 bits per heavy atom. The maximum Gasteiger partial charge on any atom is 0.0606 e. The van der Waals surface area contributed by atoms with Gasteiger partial charge in [0.05, 0.1) is 12.3 Å². The molecule has 106 valence electrons. The Morgan fingerprint density at radius 2 is 2.11 bits per heavy atom. The Bertz CT molecular complexity index is 417. The van der Waals surface area contributed by atoms with Crippen LogP contribution in [-0.4, -0.2) is 24.3 Å². The number of benzene rings is 1. The van der Waals surface area contributed by atoms with Gasteiger partial charge in [-0.2, -0.15) is 0 Å². The zero-order chi connectivity index (χ0) is 13.8. The Hall–Kier alpha value is -0.580. The number of nitrogens with zero attached hydrogens (tertiary/aromatic N) is 1. The highest BCUT2D eigenvalue weighted by Crippen LogP contribution is 2.34. The summed E-state index contributed by atoms with van der Waals surface area (Å²) in [5.74, 6) is 0. The standard InChI is InChI=1S/C15H23BrN2O/c1-11(17)12-6-7-15(14(16)10-12)18(8-9-19)13-4-2-3-5-13/h6-7,10-11,13,19H,2-5,8-9,17H2,1H3. The largest absolute Gasteiger partial charge is 0.395 e. The number of rotatable bonds is 5. The van der Waals surface area contributed by atoms with Crippen LogP contribution < -0.4 is 10.6 Å². The second kappa shape index (κ2) is 6.73. The lowest BCUT2D eigenvalue weighted by Gasteiger charge is -2.31. The molecule has 1 fully saturated rings. The van der Waals surface area contributed by atoms with Crippen LogP contribution in [-0.2, 0) is 0 Å². The van der Waals surface area contributed by atoms with Gasteiger partial charge >= 0.3 is 0 Å². The SMILES string of the molecule is CC(N)c1ccc(N(CCO)C2CCCC2)c(Br)c1. The van der Waals surface area contributed by atoms with E-state index in [2.05, 4.69) is 39.0 Å². The molecule has 0 heterocycles. The molecule has 1 saturated carbocycles. The van der Waals surface area contributed by atoms with Crippen LogP contribution in [0.15, 0.2) is 22.7 Å². The quantitative estimate of drug-likeness (QED) is 0.873. The van der Waals surface area contributed by atoms with E-state index >= 15 is 0 Å². The van der Waals surface area contributed by atoms with Crippen LogP contribution in [0.25, 0.3) is 0 Å². The first-order chi connectivity index (χ1) is 9.13. The van der Waals surface area contributed by atoms with E-state index in [1.807, 2.05) is 6.92 Å². The maximum atomic E-state index is 9.32. The molecule has 1 atom stereocenters. The number of aliphatic hydroxyl groups excluding tert-OH is 1. The number of aliphatic hydroxyl groups is 1. The maximum absolute atomic E-state index is 9.32. The van der Waals surface area contributed by atoms with Gasteiger partial charge in [-0.3, -0.25) is 0 Å². The van der Waals surface area contributed by atoms with Gasteiger partial charge in [0, 0.05) is 23.1 Å². The van der Waals surface area contributed by atoms with Crippen molar-refractivity contribution in [1.82, 2.24) is 0 Å². The highest BCUT2D eigenvalue weighted by atomic mass is 79.9. The van der Waals surface area contributed by atoms with Crippen molar-refractivity contribution in [2.75, 3.05) is 18.1 Å². The van der Waals surface area contributed by atoms with Crippen LogP contribution in [0.4, 0.5) is 5.69 Å². The van der Waals surface area contributed by atoms with Crippen molar-refractivity contribution in [1.29, 1.82) is 0 Å². The molecule has 1 aromatic carbocycles. The zero-order valence-electron chi connectivity index (χ0n) is 11.5. The molecule has 4 heteroatoms. The third kappa shape index (κ3) is 3.50. The monoisotopic (exact) mass is 326 g/mol. The smallest absolute Gasteiger partial charge is 0.0606 e. The van der Waals surface area contributed by atoms with Gasteiger partial charge in [-0.1, -0.05) is 18.9 Å². The predicted octanol–water partition coefficient (Wildman–Crippen LogP) is 3.21. The number of hydrogen-bond acceptors (Lipinski definition) is 3.